The van der Waals surface area contributed by atoms with Crippen molar-refractivity contribution in [1.29, 1.82) is 0 Å². The Balaban J connectivity index is 1.04. The van der Waals surface area contributed by atoms with Crippen LogP contribution in [0, 0.1) is 0 Å². The molecule has 0 saturated carbocycles. The van der Waals surface area contributed by atoms with Crippen LogP contribution in [-0.4, -0.2) is 66.1 Å². The number of ketones is 1. The maximum atomic E-state index is 13.0. The quantitative estimate of drug-likeness (QED) is 0.304. The van der Waals surface area contributed by atoms with E-state index in [9.17, 15) is 9.90 Å². The minimum absolute atomic E-state index is 0.0568. The molecule has 5 nitrogen and oxygen atoms in total. The Morgan fingerprint density at radius 3 is 2.50 bits per heavy atom. The first-order chi connectivity index (χ1) is 20.7. The highest BCUT2D eigenvalue weighted by Crippen LogP contribution is 2.38. The van der Waals surface area contributed by atoms with Gasteiger partial charge in [-0.15, -0.1) is 0 Å². The number of aliphatic hydroxyl groups is 1. The van der Waals surface area contributed by atoms with Crippen LogP contribution in [-0.2, 0) is 12.8 Å². The number of allylic oxidation sites excluding steroid dienone is 5. The molecule has 3 aromatic rings. The highest BCUT2D eigenvalue weighted by Gasteiger charge is 2.27. The van der Waals surface area contributed by atoms with Crippen LogP contribution in [0.4, 0.5) is 0 Å². The van der Waals surface area contributed by atoms with Crippen LogP contribution in [0.1, 0.15) is 46.3 Å². The predicted molar refractivity (Wildman–Crippen MR) is 169 cm³/mol. The average molecular weight is 561 g/mol. The molecule has 2 aliphatic carbocycles. The molecule has 0 bridgehead atoms. The minimum Gasteiger partial charge on any atom is -0.490 e. The molecular weight excluding hydrogens is 520 g/mol. The monoisotopic (exact) mass is 560 g/mol. The molecule has 0 aromatic heterocycles. The number of hydrogen-bond donors (Lipinski definition) is 1. The number of para-hydroxylation sites is 1. The summed E-state index contributed by atoms with van der Waals surface area (Å²) in [5, 5.41) is 10.9. The molecular formula is C37H40N2O3. The standard InChI is InChI=1S/C37H40N2O3/c40-31(27-42-36-17-9-8-16-34(36)35(41)21-18-28-10-2-1-3-11-28)26-38-22-24-39(25-23-38)37-32-14-6-4-12-29(32)19-20-30-13-5-7-15-33(30)37/h1-4,6-17,31,40H,5,18-27H2. The molecule has 5 heteroatoms. The second-order valence-electron chi connectivity index (χ2n) is 11.4. The number of hydrogen-bond acceptors (Lipinski definition) is 5. The average Bonchev–Trinajstić information content (AvgIpc) is 3.21. The van der Waals surface area contributed by atoms with Crippen molar-refractivity contribution >= 4 is 11.5 Å². The number of carbonyl (C=O) groups excluding carboxylic acids is 1. The molecule has 0 radical (unpaired) electrons. The van der Waals surface area contributed by atoms with Gasteiger partial charge in [0.15, 0.2) is 5.78 Å². The number of piperazine rings is 1. The fourth-order valence-corrected chi connectivity index (χ4v) is 6.36. The van der Waals surface area contributed by atoms with E-state index in [1.165, 1.54) is 28.0 Å². The maximum absolute atomic E-state index is 13.0. The molecule has 6 rings (SSSR count). The lowest BCUT2D eigenvalue weighted by atomic mass is 9.94. The number of aliphatic hydroxyl groups excluding tert-OH is 1. The number of Topliss-reactive ketones (excluding diaryl/α,β-unsaturated/α-hetero) is 1. The molecule has 1 aliphatic heterocycles. The van der Waals surface area contributed by atoms with E-state index in [0.717, 1.165) is 51.0 Å². The lowest BCUT2D eigenvalue weighted by Gasteiger charge is -2.39. The Kier molecular flexibility index (Phi) is 8.97. The Morgan fingerprint density at radius 1 is 0.881 bits per heavy atom. The SMILES string of the molecule is O=C(CCc1ccccc1)c1ccccc1OCC(O)CN1CCN(C2=C3C=CCC=C3CCc3ccccc32)CC1. The zero-order valence-electron chi connectivity index (χ0n) is 24.3. The molecule has 3 aromatic carbocycles. The number of carbonyl (C=O) groups is 1. The first-order valence-corrected chi connectivity index (χ1v) is 15.3. The second kappa shape index (κ2) is 13.4. The smallest absolute Gasteiger partial charge is 0.166 e. The van der Waals surface area contributed by atoms with Crippen LogP contribution in [0.3, 0.4) is 0 Å². The van der Waals surface area contributed by atoms with Crippen LogP contribution in [0.25, 0.3) is 5.70 Å². The molecule has 1 N–H and O–H groups in total. The van der Waals surface area contributed by atoms with Crippen molar-refractivity contribution in [3.05, 3.63) is 130 Å². The number of benzene rings is 3. The fourth-order valence-electron chi connectivity index (χ4n) is 6.36. The van der Waals surface area contributed by atoms with E-state index in [1.807, 2.05) is 54.6 Å². The zero-order chi connectivity index (χ0) is 28.7. The third kappa shape index (κ3) is 6.59. The topological polar surface area (TPSA) is 53.0 Å². The molecule has 42 heavy (non-hydrogen) atoms. The van der Waals surface area contributed by atoms with Gasteiger partial charge in [0.2, 0.25) is 0 Å². The van der Waals surface area contributed by atoms with Crippen molar-refractivity contribution in [2.45, 2.75) is 38.2 Å². The molecule has 1 unspecified atom stereocenters. The molecule has 216 valence electrons. The summed E-state index contributed by atoms with van der Waals surface area (Å²) in [5.41, 5.74) is 8.73. The summed E-state index contributed by atoms with van der Waals surface area (Å²) in [4.78, 5) is 17.8. The summed E-state index contributed by atoms with van der Waals surface area (Å²) >= 11 is 0. The summed E-state index contributed by atoms with van der Waals surface area (Å²) in [6, 6.07) is 26.3. The summed E-state index contributed by atoms with van der Waals surface area (Å²) < 4.78 is 6.01. The summed E-state index contributed by atoms with van der Waals surface area (Å²) in [6.45, 7) is 4.30. The van der Waals surface area contributed by atoms with Crippen molar-refractivity contribution in [2.75, 3.05) is 39.3 Å². The Hall–Kier alpha value is -3.93. The van der Waals surface area contributed by atoms with Gasteiger partial charge < -0.3 is 14.7 Å². The van der Waals surface area contributed by atoms with E-state index in [2.05, 4.69) is 52.3 Å². The molecule has 3 aliphatic rings. The van der Waals surface area contributed by atoms with E-state index < -0.39 is 6.10 Å². The largest absolute Gasteiger partial charge is 0.490 e. The van der Waals surface area contributed by atoms with Gasteiger partial charge >= 0.3 is 0 Å². The van der Waals surface area contributed by atoms with Crippen LogP contribution < -0.4 is 4.74 Å². The van der Waals surface area contributed by atoms with Crippen molar-refractivity contribution in [3.8, 4) is 5.75 Å². The van der Waals surface area contributed by atoms with Gasteiger partial charge in [0.05, 0.1) is 11.3 Å². The predicted octanol–water partition coefficient (Wildman–Crippen LogP) is 6.10. The van der Waals surface area contributed by atoms with Gasteiger partial charge in [-0.05, 0) is 54.5 Å². The molecule has 1 saturated heterocycles. The zero-order valence-corrected chi connectivity index (χ0v) is 24.3. The van der Waals surface area contributed by atoms with Crippen molar-refractivity contribution in [1.82, 2.24) is 9.80 Å². The highest BCUT2D eigenvalue weighted by atomic mass is 16.5. The third-order valence-corrected chi connectivity index (χ3v) is 8.58. The van der Waals surface area contributed by atoms with E-state index in [1.54, 1.807) is 0 Å². The lowest BCUT2D eigenvalue weighted by molar-refractivity contribution is 0.0540. The Morgan fingerprint density at radius 2 is 1.64 bits per heavy atom. The number of rotatable bonds is 10. The van der Waals surface area contributed by atoms with E-state index in [0.29, 0.717) is 30.7 Å². The fraction of sp³-hybridized carbons (Fsp3) is 0.324. The highest BCUT2D eigenvalue weighted by molar-refractivity contribution is 5.98. The number of nitrogens with zero attached hydrogens (tertiary/aromatic N) is 2. The van der Waals surface area contributed by atoms with Crippen LogP contribution >= 0.6 is 0 Å². The van der Waals surface area contributed by atoms with Gasteiger partial charge in [0, 0.05) is 50.3 Å². The number of aryl methyl sites for hydroxylation is 2. The summed E-state index contributed by atoms with van der Waals surface area (Å²) in [5.74, 6) is 0.602. The first kappa shape index (κ1) is 28.2. The van der Waals surface area contributed by atoms with Gasteiger partial charge in [-0.25, -0.2) is 0 Å². The van der Waals surface area contributed by atoms with Crippen molar-refractivity contribution in [2.24, 2.45) is 0 Å². The summed E-state index contributed by atoms with van der Waals surface area (Å²) in [6.07, 6.45) is 10.7. The van der Waals surface area contributed by atoms with Crippen molar-refractivity contribution in [3.63, 3.8) is 0 Å². The van der Waals surface area contributed by atoms with E-state index >= 15 is 0 Å². The molecule has 0 amide bonds. The normalized spacial score (nSPS) is 17.6. The van der Waals surface area contributed by atoms with Crippen LogP contribution in [0.2, 0.25) is 0 Å². The molecule has 1 heterocycles. The minimum atomic E-state index is -0.638. The first-order valence-electron chi connectivity index (χ1n) is 15.3. The van der Waals surface area contributed by atoms with E-state index in [4.69, 9.17) is 4.74 Å². The maximum Gasteiger partial charge on any atom is 0.166 e. The molecule has 1 fully saturated rings. The Bertz CT molecular complexity index is 1480. The van der Waals surface area contributed by atoms with E-state index in [-0.39, 0.29) is 12.4 Å². The van der Waals surface area contributed by atoms with Gasteiger partial charge in [0.25, 0.3) is 0 Å². The van der Waals surface area contributed by atoms with Crippen LogP contribution in [0.5, 0.6) is 5.75 Å². The number of fused-ring (bicyclic) bond motifs is 2. The van der Waals surface area contributed by atoms with Gasteiger partial charge in [-0.1, -0.05) is 85.0 Å². The van der Waals surface area contributed by atoms with Gasteiger partial charge in [-0.2, -0.15) is 0 Å². The van der Waals surface area contributed by atoms with Crippen molar-refractivity contribution < 1.29 is 14.6 Å². The lowest BCUT2D eigenvalue weighted by Crippen LogP contribution is -2.48. The second-order valence-corrected chi connectivity index (χ2v) is 11.4. The summed E-state index contributed by atoms with van der Waals surface area (Å²) in [7, 11) is 0. The van der Waals surface area contributed by atoms with Crippen LogP contribution in [0.15, 0.2) is 108 Å². The third-order valence-electron chi connectivity index (χ3n) is 8.58. The number of ether oxygens (including phenoxy) is 1. The molecule has 1 atom stereocenters. The Labute approximate surface area is 249 Å². The molecule has 0 spiro atoms. The number of β-amino-alcohol motifs (C(OH)–C–C–N with tert-alkyl or cyclic N) is 1. The van der Waals surface area contributed by atoms with Gasteiger partial charge in [0.1, 0.15) is 18.5 Å². The van der Waals surface area contributed by atoms with Gasteiger partial charge in [-0.3, -0.25) is 9.69 Å².